The van der Waals surface area contributed by atoms with Crippen molar-refractivity contribution in [3.05, 3.63) is 64.7 Å². The molecule has 0 unspecified atom stereocenters. The Bertz CT molecular complexity index is 655. The van der Waals surface area contributed by atoms with Crippen LogP contribution in [0.4, 0.5) is 5.69 Å². The highest BCUT2D eigenvalue weighted by Gasteiger charge is 1.99. The van der Waals surface area contributed by atoms with Crippen molar-refractivity contribution in [2.45, 2.75) is 6.92 Å². The fourth-order valence-corrected chi connectivity index (χ4v) is 1.94. The van der Waals surface area contributed by atoms with Gasteiger partial charge in [-0.15, -0.1) is 0 Å². The minimum Gasteiger partial charge on any atom is -0.376 e. The van der Waals surface area contributed by atoms with E-state index in [4.69, 9.17) is 11.6 Å². The molecule has 21 heavy (non-hydrogen) atoms. The average molecular weight is 302 g/mol. The molecule has 0 saturated carbocycles. The largest absolute Gasteiger partial charge is 0.376 e. The molecule has 0 radical (unpaired) electrons. The zero-order chi connectivity index (χ0) is 15.1. The molecule has 1 amide bonds. The van der Waals surface area contributed by atoms with Crippen LogP contribution in [0.25, 0.3) is 0 Å². The van der Waals surface area contributed by atoms with Crippen LogP contribution in [0.15, 0.2) is 53.6 Å². The van der Waals surface area contributed by atoms with Gasteiger partial charge in [-0.05, 0) is 42.3 Å². The van der Waals surface area contributed by atoms with Gasteiger partial charge in [-0.1, -0.05) is 35.9 Å². The van der Waals surface area contributed by atoms with Crippen LogP contribution in [0.3, 0.4) is 0 Å². The maximum Gasteiger partial charge on any atom is 0.259 e. The van der Waals surface area contributed by atoms with Gasteiger partial charge in [-0.25, -0.2) is 5.43 Å². The Kier molecular flexibility index (Phi) is 5.35. The molecular weight excluding hydrogens is 286 g/mol. The topological polar surface area (TPSA) is 53.5 Å². The summed E-state index contributed by atoms with van der Waals surface area (Å²) in [6.07, 6.45) is 1.55. The van der Waals surface area contributed by atoms with Gasteiger partial charge in [0.2, 0.25) is 0 Å². The number of hydrogen-bond donors (Lipinski definition) is 2. The highest BCUT2D eigenvalue weighted by molar-refractivity contribution is 6.30. The van der Waals surface area contributed by atoms with E-state index in [9.17, 15) is 4.79 Å². The van der Waals surface area contributed by atoms with Crippen molar-refractivity contribution in [3.8, 4) is 0 Å². The summed E-state index contributed by atoms with van der Waals surface area (Å²) < 4.78 is 0. The molecule has 2 aromatic rings. The number of carbonyl (C=O) groups excluding carboxylic acids is 1. The molecule has 4 nitrogen and oxygen atoms in total. The van der Waals surface area contributed by atoms with Crippen LogP contribution in [0.1, 0.15) is 11.1 Å². The fraction of sp³-hybridized carbons (Fsp3) is 0.125. The maximum atomic E-state index is 11.6. The summed E-state index contributed by atoms with van der Waals surface area (Å²) in [5.41, 5.74) is 5.33. The summed E-state index contributed by atoms with van der Waals surface area (Å²) in [5.74, 6) is -0.213. The quantitative estimate of drug-likeness (QED) is 0.658. The minimum absolute atomic E-state index is 0.163. The lowest BCUT2D eigenvalue weighted by atomic mass is 10.2. The zero-order valence-electron chi connectivity index (χ0n) is 11.6. The lowest BCUT2D eigenvalue weighted by Crippen LogP contribution is -2.25. The summed E-state index contributed by atoms with van der Waals surface area (Å²) in [4.78, 5) is 11.6. The van der Waals surface area contributed by atoms with Gasteiger partial charge in [-0.3, -0.25) is 4.79 Å². The van der Waals surface area contributed by atoms with Crippen LogP contribution in [0.5, 0.6) is 0 Å². The lowest BCUT2D eigenvalue weighted by Gasteiger charge is -2.05. The van der Waals surface area contributed by atoms with Crippen LogP contribution in [-0.4, -0.2) is 18.7 Å². The Morgan fingerprint density at radius 2 is 2.05 bits per heavy atom. The van der Waals surface area contributed by atoms with Crippen LogP contribution >= 0.6 is 11.6 Å². The molecule has 0 aliphatic heterocycles. The molecule has 5 heteroatoms. The first-order chi connectivity index (χ1) is 10.1. The standard InChI is InChI=1S/C16H16ClN3O/c1-12-4-2-7-15(8-12)18-11-16(21)20-19-10-13-5-3-6-14(17)9-13/h2-10,18H,11H2,1H3,(H,20,21)/b19-10+. The maximum absolute atomic E-state index is 11.6. The molecule has 2 N–H and O–H groups in total. The first-order valence-electron chi connectivity index (χ1n) is 6.51. The number of carbonyl (C=O) groups is 1. The molecule has 0 saturated heterocycles. The number of aryl methyl sites for hydroxylation is 1. The number of anilines is 1. The summed E-state index contributed by atoms with van der Waals surface area (Å²) >= 11 is 5.86. The Hall–Kier alpha value is -2.33. The molecule has 2 rings (SSSR count). The first kappa shape index (κ1) is 15.1. The van der Waals surface area contributed by atoms with Gasteiger partial charge in [0.15, 0.2) is 0 Å². The molecule has 0 fully saturated rings. The molecular formula is C16H16ClN3O. The van der Waals surface area contributed by atoms with E-state index in [1.54, 1.807) is 18.3 Å². The van der Waals surface area contributed by atoms with E-state index in [0.29, 0.717) is 5.02 Å². The fourth-order valence-electron chi connectivity index (χ4n) is 1.74. The number of nitrogens with one attached hydrogen (secondary N) is 2. The number of amides is 1. The normalized spacial score (nSPS) is 10.6. The molecule has 0 bridgehead atoms. The highest BCUT2D eigenvalue weighted by Crippen LogP contribution is 2.09. The van der Waals surface area contributed by atoms with E-state index in [0.717, 1.165) is 16.8 Å². The second kappa shape index (κ2) is 7.45. The predicted molar refractivity (Wildman–Crippen MR) is 86.9 cm³/mol. The van der Waals surface area contributed by atoms with Crippen LogP contribution < -0.4 is 10.7 Å². The van der Waals surface area contributed by atoms with Crippen molar-refractivity contribution in [2.24, 2.45) is 5.10 Å². The number of halogens is 1. The average Bonchev–Trinajstić information content (AvgIpc) is 2.45. The molecule has 0 aromatic heterocycles. The number of hydrazone groups is 1. The smallest absolute Gasteiger partial charge is 0.259 e. The third-order valence-electron chi connectivity index (χ3n) is 2.72. The Balaban J connectivity index is 1.80. The Labute approximate surface area is 128 Å². The van der Waals surface area contributed by atoms with Gasteiger partial charge in [-0.2, -0.15) is 5.10 Å². The van der Waals surface area contributed by atoms with E-state index >= 15 is 0 Å². The van der Waals surface area contributed by atoms with Crippen molar-refractivity contribution < 1.29 is 4.79 Å². The summed E-state index contributed by atoms with van der Waals surface area (Å²) in [6.45, 7) is 2.16. The molecule has 2 aromatic carbocycles. The number of hydrogen-bond acceptors (Lipinski definition) is 3. The summed E-state index contributed by atoms with van der Waals surface area (Å²) in [7, 11) is 0. The second-order valence-electron chi connectivity index (χ2n) is 4.57. The highest BCUT2D eigenvalue weighted by atomic mass is 35.5. The van der Waals surface area contributed by atoms with Crippen molar-refractivity contribution in [1.82, 2.24) is 5.43 Å². The van der Waals surface area contributed by atoms with Crippen LogP contribution in [0.2, 0.25) is 5.02 Å². The van der Waals surface area contributed by atoms with Crippen molar-refractivity contribution in [1.29, 1.82) is 0 Å². The lowest BCUT2D eigenvalue weighted by molar-refractivity contribution is -0.119. The molecule has 108 valence electrons. The van der Waals surface area contributed by atoms with Crippen LogP contribution in [0, 0.1) is 6.92 Å². The summed E-state index contributed by atoms with van der Waals surface area (Å²) in [6, 6.07) is 15.0. The summed E-state index contributed by atoms with van der Waals surface area (Å²) in [5, 5.41) is 7.56. The zero-order valence-corrected chi connectivity index (χ0v) is 12.4. The van der Waals surface area contributed by atoms with E-state index in [1.165, 1.54) is 0 Å². The van der Waals surface area contributed by atoms with E-state index in [-0.39, 0.29) is 12.5 Å². The van der Waals surface area contributed by atoms with Crippen molar-refractivity contribution in [3.63, 3.8) is 0 Å². The van der Waals surface area contributed by atoms with Gasteiger partial charge < -0.3 is 5.32 Å². The van der Waals surface area contributed by atoms with E-state index in [2.05, 4.69) is 15.8 Å². The van der Waals surface area contributed by atoms with Gasteiger partial charge >= 0.3 is 0 Å². The number of benzene rings is 2. The molecule has 0 spiro atoms. The monoisotopic (exact) mass is 301 g/mol. The molecule has 0 aliphatic carbocycles. The Morgan fingerprint density at radius 1 is 1.24 bits per heavy atom. The van der Waals surface area contributed by atoms with E-state index in [1.807, 2.05) is 43.3 Å². The minimum atomic E-state index is -0.213. The van der Waals surface area contributed by atoms with Gasteiger partial charge in [0, 0.05) is 10.7 Å². The van der Waals surface area contributed by atoms with Crippen molar-refractivity contribution >= 4 is 29.4 Å². The molecule has 0 heterocycles. The van der Waals surface area contributed by atoms with E-state index < -0.39 is 0 Å². The van der Waals surface area contributed by atoms with Gasteiger partial charge in [0.05, 0.1) is 12.8 Å². The van der Waals surface area contributed by atoms with Gasteiger partial charge in [0.25, 0.3) is 5.91 Å². The van der Waals surface area contributed by atoms with Crippen LogP contribution in [-0.2, 0) is 4.79 Å². The first-order valence-corrected chi connectivity index (χ1v) is 6.89. The number of rotatable bonds is 5. The molecule has 0 aliphatic rings. The molecule has 0 atom stereocenters. The SMILES string of the molecule is Cc1cccc(NCC(=O)N/N=C/c2cccc(Cl)c2)c1. The van der Waals surface area contributed by atoms with Gasteiger partial charge in [0.1, 0.15) is 0 Å². The Morgan fingerprint density at radius 3 is 2.81 bits per heavy atom. The third kappa shape index (κ3) is 5.28. The third-order valence-corrected chi connectivity index (χ3v) is 2.96. The second-order valence-corrected chi connectivity index (χ2v) is 5.01. The van der Waals surface area contributed by atoms with Crippen molar-refractivity contribution in [2.75, 3.05) is 11.9 Å². The predicted octanol–water partition coefficient (Wildman–Crippen LogP) is 3.21. The number of nitrogens with zero attached hydrogens (tertiary/aromatic N) is 1.